The van der Waals surface area contributed by atoms with Crippen molar-refractivity contribution in [2.45, 2.75) is 19.5 Å². The summed E-state index contributed by atoms with van der Waals surface area (Å²) in [6.45, 7) is 4.60. The van der Waals surface area contributed by atoms with Gasteiger partial charge in [0, 0.05) is 30.5 Å². The van der Waals surface area contributed by atoms with Gasteiger partial charge in [0.15, 0.2) is 0 Å². The Bertz CT molecular complexity index is 821. The Morgan fingerprint density at radius 2 is 1.79 bits per heavy atom. The van der Waals surface area contributed by atoms with Gasteiger partial charge in [-0.05, 0) is 31.2 Å². The quantitative estimate of drug-likeness (QED) is 0.809. The van der Waals surface area contributed by atoms with Crippen molar-refractivity contribution < 1.29 is 22.7 Å². The molecule has 2 aromatic rings. The van der Waals surface area contributed by atoms with Crippen LogP contribution in [0.25, 0.3) is 0 Å². The minimum atomic E-state index is -4.53. The number of nitrogens with zero attached hydrogens (tertiary/aromatic N) is 3. The van der Waals surface area contributed by atoms with E-state index in [9.17, 15) is 18.0 Å². The number of nitrogens with one attached hydrogen (secondary N) is 2. The molecule has 1 aromatic carbocycles. The van der Waals surface area contributed by atoms with Crippen molar-refractivity contribution in [3.05, 3.63) is 36.2 Å². The molecule has 0 aliphatic carbocycles. The number of halogens is 3. The van der Waals surface area contributed by atoms with Crippen molar-refractivity contribution in [2.24, 2.45) is 0 Å². The fourth-order valence-electron chi connectivity index (χ4n) is 2.74. The van der Waals surface area contributed by atoms with E-state index in [-0.39, 0.29) is 5.69 Å². The molecule has 0 bridgehead atoms. The first-order valence-corrected chi connectivity index (χ1v) is 8.70. The predicted molar refractivity (Wildman–Crippen MR) is 98.8 cm³/mol. The maximum Gasteiger partial charge on any atom is 0.397 e. The summed E-state index contributed by atoms with van der Waals surface area (Å²) in [4.78, 5) is 22.3. The Labute approximate surface area is 159 Å². The molecule has 0 spiro atoms. The van der Waals surface area contributed by atoms with E-state index in [1.54, 1.807) is 19.1 Å². The van der Waals surface area contributed by atoms with E-state index in [0.717, 1.165) is 18.9 Å². The maximum atomic E-state index is 12.2. The number of carbonyl (C=O) groups is 1. The molecule has 2 N–H and O–H groups in total. The van der Waals surface area contributed by atoms with E-state index in [1.165, 1.54) is 12.1 Å². The van der Waals surface area contributed by atoms with E-state index in [4.69, 9.17) is 4.74 Å². The van der Waals surface area contributed by atoms with Gasteiger partial charge >= 0.3 is 6.18 Å². The topological polar surface area (TPSA) is 79.4 Å². The van der Waals surface area contributed by atoms with Crippen molar-refractivity contribution in [1.82, 2.24) is 9.97 Å². The van der Waals surface area contributed by atoms with Crippen LogP contribution in [0, 0.1) is 6.92 Å². The van der Waals surface area contributed by atoms with Crippen molar-refractivity contribution >= 4 is 28.9 Å². The number of benzene rings is 1. The number of aryl methyl sites for hydroxylation is 1. The Morgan fingerprint density at radius 1 is 1.14 bits per heavy atom. The summed E-state index contributed by atoms with van der Waals surface area (Å²) in [5.74, 6) is 0.912. The summed E-state index contributed by atoms with van der Waals surface area (Å²) < 4.78 is 42.0. The van der Waals surface area contributed by atoms with Crippen molar-refractivity contribution in [3.8, 4) is 0 Å². The second-order valence-corrected chi connectivity index (χ2v) is 6.30. The zero-order chi connectivity index (χ0) is 20.1. The van der Waals surface area contributed by atoms with Gasteiger partial charge in [-0.1, -0.05) is 0 Å². The normalized spacial score (nSPS) is 14.6. The van der Waals surface area contributed by atoms with Gasteiger partial charge in [0.25, 0.3) is 0 Å². The molecule has 28 heavy (non-hydrogen) atoms. The van der Waals surface area contributed by atoms with Crippen LogP contribution < -0.4 is 15.5 Å². The number of anilines is 4. The third kappa shape index (κ3) is 5.81. The predicted octanol–water partition coefficient (Wildman–Crippen LogP) is 3.26. The van der Waals surface area contributed by atoms with Crippen LogP contribution in [0.2, 0.25) is 0 Å². The number of hydrogen-bond acceptors (Lipinski definition) is 6. The van der Waals surface area contributed by atoms with Gasteiger partial charge in [-0.2, -0.15) is 13.2 Å². The number of alkyl halides is 3. The molecule has 3 rings (SSSR count). The van der Waals surface area contributed by atoms with E-state index in [1.807, 2.05) is 6.07 Å². The van der Waals surface area contributed by atoms with Crippen LogP contribution in [-0.2, 0) is 9.53 Å². The molecule has 150 valence electrons. The van der Waals surface area contributed by atoms with Crippen molar-refractivity contribution in [3.63, 3.8) is 0 Å². The van der Waals surface area contributed by atoms with Crippen LogP contribution in [0.4, 0.5) is 36.2 Å². The molecule has 0 saturated carbocycles. The number of hydrogen-bond donors (Lipinski definition) is 2. The van der Waals surface area contributed by atoms with Crippen molar-refractivity contribution in [1.29, 1.82) is 0 Å². The van der Waals surface area contributed by atoms with Crippen LogP contribution >= 0.6 is 0 Å². The molecule has 0 atom stereocenters. The van der Waals surface area contributed by atoms with E-state index in [2.05, 4.69) is 25.5 Å². The first kappa shape index (κ1) is 19.9. The third-order valence-electron chi connectivity index (χ3n) is 3.96. The van der Waals surface area contributed by atoms with Gasteiger partial charge in [-0.25, -0.2) is 9.97 Å². The van der Waals surface area contributed by atoms with E-state index < -0.39 is 18.5 Å². The highest BCUT2D eigenvalue weighted by Gasteiger charge is 2.31. The van der Waals surface area contributed by atoms with Gasteiger partial charge in [-0.15, -0.1) is 0 Å². The molecule has 1 aromatic heterocycles. The molecule has 1 fully saturated rings. The SMILES string of the molecule is Cc1nc(Nc2ccc(NC(=O)CC(F)(F)F)cc2)cc(N2CCOCC2)n1. The van der Waals surface area contributed by atoms with Gasteiger partial charge < -0.3 is 20.3 Å². The van der Waals surface area contributed by atoms with Crippen LogP contribution in [0.1, 0.15) is 12.2 Å². The number of ether oxygens (including phenoxy) is 1. The average molecular weight is 395 g/mol. The first-order valence-electron chi connectivity index (χ1n) is 8.70. The number of aromatic nitrogens is 2. The van der Waals surface area contributed by atoms with Gasteiger partial charge in [0.1, 0.15) is 23.9 Å². The maximum absolute atomic E-state index is 12.2. The monoisotopic (exact) mass is 395 g/mol. The molecular formula is C18H20F3N5O2. The van der Waals surface area contributed by atoms with Crippen LogP contribution in [0.5, 0.6) is 0 Å². The average Bonchev–Trinajstić information content (AvgIpc) is 2.62. The fourth-order valence-corrected chi connectivity index (χ4v) is 2.74. The largest absolute Gasteiger partial charge is 0.397 e. The summed E-state index contributed by atoms with van der Waals surface area (Å²) in [7, 11) is 0. The van der Waals surface area contributed by atoms with Gasteiger partial charge in [-0.3, -0.25) is 4.79 Å². The van der Waals surface area contributed by atoms with Crippen molar-refractivity contribution in [2.75, 3.05) is 41.8 Å². The van der Waals surface area contributed by atoms with Gasteiger partial charge in [0.2, 0.25) is 5.91 Å². The number of amides is 1. The Morgan fingerprint density at radius 3 is 2.43 bits per heavy atom. The molecule has 1 aliphatic rings. The second kappa shape index (κ2) is 8.42. The standard InChI is InChI=1S/C18H20F3N5O2/c1-12-22-15(10-16(23-12)26-6-8-28-9-7-26)24-13-2-4-14(5-3-13)25-17(27)11-18(19,20)21/h2-5,10H,6-9,11H2,1H3,(H,25,27)(H,22,23,24). The molecule has 10 heteroatoms. The molecule has 2 heterocycles. The molecule has 0 unspecified atom stereocenters. The molecule has 1 saturated heterocycles. The second-order valence-electron chi connectivity index (χ2n) is 6.30. The van der Waals surface area contributed by atoms with Crippen LogP contribution in [0.3, 0.4) is 0 Å². The lowest BCUT2D eigenvalue weighted by molar-refractivity contribution is -0.150. The molecule has 0 radical (unpaired) electrons. The minimum absolute atomic E-state index is 0.285. The van der Waals surface area contributed by atoms with Crippen LogP contribution in [-0.4, -0.2) is 48.4 Å². The highest BCUT2D eigenvalue weighted by molar-refractivity contribution is 5.91. The Kier molecular flexibility index (Phi) is 5.98. The lowest BCUT2D eigenvalue weighted by atomic mass is 10.2. The molecule has 1 amide bonds. The highest BCUT2D eigenvalue weighted by atomic mass is 19.4. The molecular weight excluding hydrogens is 375 g/mol. The minimum Gasteiger partial charge on any atom is -0.378 e. The fraction of sp³-hybridized carbons (Fsp3) is 0.389. The molecule has 1 aliphatic heterocycles. The van der Waals surface area contributed by atoms with Gasteiger partial charge in [0.05, 0.1) is 13.2 Å². The molecule has 7 nitrogen and oxygen atoms in total. The lowest BCUT2D eigenvalue weighted by Crippen LogP contribution is -2.36. The summed E-state index contributed by atoms with van der Waals surface area (Å²) in [5, 5.41) is 5.36. The van der Waals surface area contributed by atoms with E-state index in [0.29, 0.717) is 30.5 Å². The third-order valence-corrected chi connectivity index (χ3v) is 3.96. The number of rotatable bonds is 5. The van der Waals surface area contributed by atoms with E-state index >= 15 is 0 Å². The lowest BCUT2D eigenvalue weighted by Gasteiger charge is -2.28. The number of morpholine rings is 1. The smallest absolute Gasteiger partial charge is 0.378 e. The summed E-state index contributed by atoms with van der Waals surface area (Å²) in [6.07, 6.45) is -6.05. The summed E-state index contributed by atoms with van der Waals surface area (Å²) in [5.41, 5.74) is 0.965. The highest BCUT2D eigenvalue weighted by Crippen LogP contribution is 2.23. The summed E-state index contributed by atoms with van der Waals surface area (Å²) >= 11 is 0. The Balaban J connectivity index is 1.65. The Hall–Kier alpha value is -2.88. The zero-order valence-electron chi connectivity index (χ0n) is 15.2. The summed E-state index contributed by atoms with van der Waals surface area (Å²) in [6, 6.07) is 8.17. The number of carbonyl (C=O) groups excluding carboxylic acids is 1. The zero-order valence-corrected chi connectivity index (χ0v) is 15.2. The van der Waals surface area contributed by atoms with Crippen LogP contribution in [0.15, 0.2) is 30.3 Å². The first-order chi connectivity index (χ1) is 13.3.